The summed E-state index contributed by atoms with van der Waals surface area (Å²) in [6, 6.07) is 12.9. The summed E-state index contributed by atoms with van der Waals surface area (Å²) in [7, 11) is 0. The summed E-state index contributed by atoms with van der Waals surface area (Å²) < 4.78 is 11.3. The predicted molar refractivity (Wildman–Crippen MR) is 91.9 cm³/mol. The Morgan fingerprint density at radius 3 is 2.88 bits per heavy atom. The standard InChI is InChI=1S/C18H14N2O3S/c1-11-20-14(10-24-11)16-7-6-13(22-16)9-19-18(21)17-8-12-4-2-3-5-15(12)23-17/h2-8,10H,9H2,1H3,(H,19,21). The number of fused-ring (bicyclic) bond motifs is 1. The summed E-state index contributed by atoms with van der Waals surface area (Å²) in [6.45, 7) is 2.24. The van der Waals surface area contributed by atoms with E-state index in [0.717, 1.165) is 16.1 Å². The number of nitrogens with one attached hydrogen (secondary N) is 1. The van der Waals surface area contributed by atoms with E-state index < -0.39 is 0 Å². The highest BCUT2D eigenvalue weighted by atomic mass is 32.1. The molecule has 4 rings (SSSR count). The number of carbonyl (C=O) groups is 1. The lowest BCUT2D eigenvalue weighted by molar-refractivity contribution is 0.0922. The fourth-order valence-corrected chi connectivity index (χ4v) is 3.04. The Balaban J connectivity index is 1.44. The van der Waals surface area contributed by atoms with Crippen LogP contribution >= 0.6 is 11.3 Å². The molecule has 0 aliphatic rings. The van der Waals surface area contributed by atoms with E-state index in [1.807, 2.05) is 48.7 Å². The van der Waals surface area contributed by atoms with Crippen LogP contribution in [-0.4, -0.2) is 10.9 Å². The van der Waals surface area contributed by atoms with Crippen LogP contribution in [0, 0.1) is 6.92 Å². The molecule has 0 bridgehead atoms. The quantitative estimate of drug-likeness (QED) is 0.599. The van der Waals surface area contributed by atoms with Crippen molar-refractivity contribution in [1.29, 1.82) is 0 Å². The minimum Gasteiger partial charge on any atom is -0.458 e. The van der Waals surface area contributed by atoms with Crippen LogP contribution in [0.4, 0.5) is 0 Å². The summed E-state index contributed by atoms with van der Waals surface area (Å²) in [5, 5.41) is 6.64. The highest BCUT2D eigenvalue weighted by Gasteiger charge is 2.13. The zero-order chi connectivity index (χ0) is 16.5. The van der Waals surface area contributed by atoms with Crippen LogP contribution < -0.4 is 5.32 Å². The molecule has 0 spiro atoms. The minimum atomic E-state index is -0.270. The van der Waals surface area contributed by atoms with Crippen molar-refractivity contribution in [2.24, 2.45) is 0 Å². The average molecular weight is 338 g/mol. The van der Waals surface area contributed by atoms with E-state index in [0.29, 0.717) is 23.6 Å². The van der Waals surface area contributed by atoms with E-state index in [4.69, 9.17) is 8.83 Å². The molecule has 0 aliphatic carbocycles. The third kappa shape index (κ3) is 2.83. The van der Waals surface area contributed by atoms with Crippen LogP contribution in [-0.2, 0) is 6.54 Å². The van der Waals surface area contributed by atoms with Gasteiger partial charge in [-0.1, -0.05) is 18.2 Å². The number of benzene rings is 1. The van der Waals surface area contributed by atoms with Gasteiger partial charge in [0.2, 0.25) is 0 Å². The topological polar surface area (TPSA) is 68.3 Å². The molecule has 120 valence electrons. The molecule has 0 atom stereocenters. The lowest BCUT2D eigenvalue weighted by atomic mass is 10.2. The first-order valence-corrected chi connectivity index (χ1v) is 8.35. The summed E-state index contributed by atoms with van der Waals surface area (Å²) in [5.41, 5.74) is 1.51. The third-order valence-electron chi connectivity index (χ3n) is 3.61. The Morgan fingerprint density at radius 1 is 1.21 bits per heavy atom. The van der Waals surface area contributed by atoms with Crippen molar-refractivity contribution in [3.8, 4) is 11.5 Å². The van der Waals surface area contributed by atoms with Crippen molar-refractivity contribution in [3.63, 3.8) is 0 Å². The van der Waals surface area contributed by atoms with Gasteiger partial charge in [-0.25, -0.2) is 4.98 Å². The van der Waals surface area contributed by atoms with Crippen molar-refractivity contribution < 1.29 is 13.6 Å². The Morgan fingerprint density at radius 2 is 2.08 bits per heavy atom. The second-order valence-corrected chi connectivity index (χ2v) is 6.41. The maximum atomic E-state index is 12.2. The molecule has 0 radical (unpaired) electrons. The van der Waals surface area contributed by atoms with Gasteiger partial charge in [0.05, 0.1) is 11.6 Å². The Bertz CT molecular complexity index is 979. The largest absolute Gasteiger partial charge is 0.458 e. The summed E-state index contributed by atoms with van der Waals surface area (Å²) in [4.78, 5) is 16.6. The number of para-hydroxylation sites is 1. The van der Waals surface area contributed by atoms with Gasteiger partial charge in [0.1, 0.15) is 17.0 Å². The summed E-state index contributed by atoms with van der Waals surface area (Å²) in [5.74, 6) is 1.39. The van der Waals surface area contributed by atoms with Gasteiger partial charge in [-0.3, -0.25) is 4.79 Å². The number of amides is 1. The Kier molecular flexibility index (Phi) is 3.66. The number of thiazole rings is 1. The molecule has 0 fully saturated rings. The second-order valence-electron chi connectivity index (χ2n) is 5.35. The van der Waals surface area contributed by atoms with Crippen molar-refractivity contribution >= 4 is 28.2 Å². The van der Waals surface area contributed by atoms with Gasteiger partial charge in [0, 0.05) is 10.8 Å². The molecule has 3 heterocycles. The van der Waals surface area contributed by atoms with E-state index in [1.165, 1.54) is 0 Å². The molecule has 1 N–H and O–H groups in total. The van der Waals surface area contributed by atoms with Gasteiger partial charge in [0.25, 0.3) is 5.91 Å². The second kappa shape index (κ2) is 5.98. The van der Waals surface area contributed by atoms with Gasteiger partial charge in [0.15, 0.2) is 11.5 Å². The number of aryl methyl sites for hydroxylation is 1. The van der Waals surface area contributed by atoms with Crippen LogP contribution in [0.15, 0.2) is 56.7 Å². The SMILES string of the molecule is Cc1nc(-c2ccc(CNC(=O)c3cc4ccccc4o3)o2)cs1. The van der Waals surface area contributed by atoms with Crippen molar-refractivity contribution in [2.75, 3.05) is 0 Å². The number of rotatable bonds is 4. The molecule has 6 heteroatoms. The van der Waals surface area contributed by atoms with E-state index in [-0.39, 0.29) is 11.7 Å². The highest BCUT2D eigenvalue weighted by Crippen LogP contribution is 2.24. The zero-order valence-corrected chi connectivity index (χ0v) is 13.7. The molecule has 0 saturated heterocycles. The average Bonchev–Trinajstić information content (AvgIpc) is 3.31. The zero-order valence-electron chi connectivity index (χ0n) is 12.9. The van der Waals surface area contributed by atoms with Crippen molar-refractivity contribution in [1.82, 2.24) is 10.3 Å². The smallest absolute Gasteiger partial charge is 0.287 e. The lowest BCUT2D eigenvalue weighted by Crippen LogP contribution is -2.21. The van der Waals surface area contributed by atoms with Crippen LogP contribution in [0.2, 0.25) is 0 Å². The Hall–Kier alpha value is -2.86. The number of hydrogen-bond donors (Lipinski definition) is 1. The van der Waals surface area contributed by atoms with Crippen LogP contribution in [0.5, 0.6) is 0 Å². The predicted octanol–water partition coefficient (Wildman–Crippen LogP) is 4.39. The van der Waals surface area contributed by atoms with Crippen LogP contribution in [0.1, 0.15) is 21.3 Å². The maximum Gasteiger partial charge on any atom is 0.287 e. The number of carbonyl (C=O) groups excluding carboxylic acids is 1. The molecule has 0 aliphatic heterocycles. The number of hydrogen-bond acceptors (Lipinski definition) is 5. The molecule has 3 aromatic heterocycles. The molecular weight excluding hydrogens is 324 g/mol. The van der Waals surface area contributed by atoms with Crippen LogP contribution in [0.3, 0.4) is 0 Å². The molecule has 0 unspecified atom stereocenters. The maximum absolute atomic E-state index is 12.2. The first kappa shape index (κ1) is 14.7. The van der Waals surface area contributed by atoms with E-state index in [9.17, 15) is 4.79 Å². The van der Waals surface area contributed by atoms with Crippen molar-refractivity contribution in [2.45, 2.75) is 13.5 Å². The first-order valence-electron chi connectivity index (χ1n) is 7.47. The number of nitrogens with zero attached hydrogens (tertiary/aromatic N) is 1. The summed E-state index contributed by atoms with van der Waals surface area (Å²) >= 11 is 1.57. The molecule has 1 aromatic carbocycles. The first-order chi connectivity index (χ1) is 11.7. The fourth-order valence-electron chi connectivity index (χ4n) is 2.44. The Labute approximate surface area is 141 Å². The molecule has 5 nitrogen and oxygen atoms in total. The van der Waals surface area contributed by atoms with E-state index in [2.05, 4.69) is 10.3 Å². The fraction of sp³-hybridized carbons (Fsp3) is 0.111. The molecule has 0 saturated carbocycles. The van der Waals surface area contributed by atoms with Gasteiger partial charge in [-0.15, -0.1) is 11.3 Å². The monoisotopic (exact) mass is 338 g/mol. The van der Waals surface area contributed by atoms with E-state index in [1.54, 1.807) is 17.4 Å². The highest BCUT2D eigenvalue weighted by molar-refractivity contribution is 7.09. The number of furan rings is 2. The minimum absolute atomic E-state index is 0.270. The van der Waals surface area contributed by atoms with Crippen molar-refractivity contribution in [3.05, 3.63) is 64.4 Å². The summed E-state index contributed by atoms with van der Waals surface area (Å²) in [6.07, 6.45) is 0. The molecule has 24 heavy (non-hydrogen) atoms. The van der Waals surface area contributed by atoms with Gasteiger partial charge in [-0.05, 0) is 31.2 Å². The normalized spacial score (nSPS) is 11.0. The van der Waals surface area contributed by atoms with Gasteiger partial charge in [-0.2, -0.15) is 0 Å². The number of aromatic nitrogens is 1. The third-order valence-corrected chi connectivity index (χ3v) is 4.38. The van der Waals surface area contributed by atoms with Crippen LogP contribution in [0.25, 0.3) is 22.4 Å². The molecule has 4 aromatic rings. The van der Waals surface area contributed by atoms with Gasteiger partial charge >= 0.3 is 0 Å². The molecule has 1 amide bonds. The van der Waals surface area contributed by atoms with E-state index >= 15 is 0 Å². The molecular formula is C18H14N2O3S. The lowest BCUT2D eigenvalue weighted by Gasteiger charge is -2.00. The van der Waals surface area contributed by atoms with Gasteiger partial charge < -0.3 is 14.2 Å².